The predicted molar refractivity (Wildman–Crippen MR) is 75.9 cm³/mol. The highest BCUT2D eigenvalue weighted by Crippen LogP contribution is 2.24. The van der Waals surface area contributed by atoms with Crippen molar-refractivity contribution in [3.05, 3.63) is 35.4 Å². The zero-order valence-electron chi connectivity index (χ0n) is 11.8. The van der Waals surface area contributed by atoms with Crippen molar-refractivity contribution in [2.75, 3.05) is 13.2 Å². The summed E-state index contributed by atoms with van der Waals surface area (Å²) in [6.07, 6.45) is 2.32. The lowest BCUT2D eigenvalue weighted by atomic mass is 10.0. The molecule has 0 spiro atoms. The highest BCUT2D eigenvalue weighted by atomic mass is 16.3. The fourth-order valence-corrected chi connectivity index (χ4v) is 2.75. The van der Waals surface area contributed by atoms with Crippen LogP contribution >= 0.6 is 0 Å². The minimum atomic E-state index is 0.0190. The second-order valence-electron chi connectivity index (χ2n) is 5.59. The minimum absolute atomic E-state index is 0.0190. The van der Waals surface area contributed by atoms with Gasteiger partial charge < -0.3 is 10.0 Å². The van der Waals surface area contributed by atoms with E-state index in [0.29, 0.717) is 12.3 Å². The smallest absolute Gasteiger partial charge is 0.223 e. The second kappa shape index (κ2) is 6.20. The van der Waals surface area contributed by atoms with Gasteiger partial charge in [0.2, 0.25) is 5.91 Å². The fourth-order valence-electron chi connectivity index (χ4n) is 2.75. The lowest BCUT2D eigenvalue weighted by molar-refractivity contribution is -0.133. The summed E-state index contributed by atoms with van der Waals surface area (Å²) < 4.78 is 0. The van der Waals surface area contributed by atoms with Crippen molar-refractivity contribution in [2.24, 2.45) is 5.92 Å². The Bertz CT molecular complexity index is 427. The molecule has 1 aliphatic rings. The summed E-state index contributed by atoms with van der Waals surface area (Å²) in [5.41, 5.74) is 2.44. The molecule has 0 saturated carbocycles. The van der Waals surface area contributed by atoms with E-state index in [1.807, 2.05) is 4.90 Å². The fraction of sp³-hybridized carbons (Fsp3) is 0.562. The van der Waals surface area contributed by atoms with Crippen LogP contribution in [0.3, 0.4) is 0 Å². The molecule has 3 nitrogen and oxygen atoms in total. The van der Waals surface area contributed by atoms with Gasteiger partial charge in [0.05, 0.1) is 12.6 Å². The standard InChI is InChI=1S/C16H23NO2/c1-12-3-5-14(6-4-12)7-8-16(19)17-10-9-13(2)15(17)11-18/h3-6,13,15,18H,7-11H2,1-2H3. The number of hydrogen-bond acceptors (Lipinski definition) is 2. The number of amides is 1. The van der Waals surface area contributed by atoms with Crippen LogP contribution in [-0.2, 0) is 11.2 Å². The Morgan fingerprint density at radius 3 is 2.68 bits per heavy atom. The first-order valence-electron chi connectivity index (χ1n) is 7.07. The summed E-state index contributed by atoms with van der Waals surface area (Å²) in [5, 5.41) is 9.38. The molecule has 2 rings (SSSR count). The number of carbonyl (C=O) groups is 1. The third-order valence-corrected chi connectivity index (χ3v) is 4.14. The van der Waals surface area contributed by atoms with E-state index in [9.17, 15) is 9.90 Å². The molecular formula is C16H23NO2. The van der Waals surface area contributed by atoms with Gasteiger partial charge in [0.15, 0.2) is 0 Å². The molecular weight excluding hydrogens is 238 g/mol. The van der Waals surface area contributed by atoms with Gasteiger partial charge in [0, 0.05) is 13.0 Å². The molecule has 0 bridgehead atoms. The maximum absolute atomic E-state index is 12.2. The quantitative estimate of drug-likeness (QED) is 0.902. The summed E-state index contributed by atoms with van der Waals surface area (Å²) in [6.45, 7) is 5.04. The van der Waals surface area contributed by atoms with Crippen LogP contribution in [0, 0.1) is 12.8 Å². The van der Waals surface area contributed by atoms with E-state index >= 15 is 0 Å². The van der Waals surface area contributed by atoms with Gasteiger partial charge in [-0.2, -0.15) is 0 Å². The number of rotatable bonds is 4. The number of aryl methyl sites for hydroxylation is 2. The molecule has 0 aliphatic carbocycles. The number of aliphatic hydroxyl groups excluding tert-OH is 1. The van der Waals surface area contributed by atoms with E-state index in [1.54, 1.807) is 0 Å². The highest BCUT2D eigenvalue weighted by Gasteiger charge is 2.33. The molecule has 1 heterocycles. The molecule has 2 unspecified atom stereocenters. The molecule has 1 saturated heterocycles. The molecule has 1 amide bonds. The molecule has 1 fully saturated rings. The lowest BCUT2D eigenvalue weighted by Gasteiger charge is -2.25. The summed E-state index contributed by atoms with van der Waals surface area (Å²) in [4.78, 5) is 14.1. The Morgan fingerprint density at radius 2 is 2.05 bits per heavy atom. The SMILES string of the molecule is Cc1ccc(CCC(=O)N2CCC(C)C2CO)cc1. The van der Waals surface area contributed by atoms with Gasteiger partial charge in [-0.05, 0) is 31.2 Å². The third kappa shape index (κ3) is 3.35. The molecule has 1 aromatic carbocycles. The first-order chi connectivity index (χ1) is 9.11. The Labute approximate surface area is 115 Å². The third-order valence-electron chi connectivity index (χ3n) is 4.14. The minimum Gasteiger partial charge on any atom is -0.394 e. The monoisotopic (exact) mass is 261 g/mol. The molecule has 0 radical (unpaired) electrons. The lowest BCUT2D eigenvalue weighted by Crippen LogP contribution is -2.39. The van der Waals surface area contributed by atoms with Gasteiger partial charge in [0.1, 0.15) is 0 Å². The number of benzene rings is 1. The van der Waals surface area contributed by atoms with Gasteiger partial charge >= 0.3 is 0 Å². The van der Waals surface area contributed by atoms with Crippen molar-refractivity contribution in [1.29, 1.82) is 0 Å². The van der Waals surface area contributed by atoms with E-state index in [0.717, 1.165) is 19.4 Å². The average Bonchev–Trinajstić information content (AvgIpc) is 2.79. The average molecular weight is 261 g/mol. The Hall–Kier alpha value is -1.35. The van der Waals surface area contributed by atoms with Crippen molar-refractivity contribution in [3.8, 4) is 0 Å². The normalized spacial score (nSPS) is 22.8. The zero-order valence-corrected chi connectivity index (χ0v) is 11.8. The van der Waals surface area contributed by atoms with E-state index in [-0.39, 0.29) is 18.6 Å². The van der Waals surface area contributed by atoms with Crippen molar-refractivity contribution >= 4 is 5.91 Å². The van der Waals surface area contributed by atoms with E-state index in [1.165, 1.54) is 11.1 Å². The first kappa shape index (κ1) is 14.1. The summed E-state index contributed by atoms with van der Waals surface area (Å²) >= 11 is 0. The number of aliphatic hydroxyl groups is 1. The Kier molecular flexibility index (Phi) is 4.59. The zero-order chi connectivity index (χ0) is 13.8. The second-order valence-corrected chi connectivity index (χ2v) is 5.59. The van der Waals surface area contributed by atoms with Gasteiger partial charge in [-0.25, -0.2) is 0 Å². The molecule has 1 aromatic rings. The maximum atomic E-state index is 12.2. The van der Waals surface area contributed by atoms with Crippen LogP contribution < -0.4 is 0 Å². The van der Waals surface area contributed by atoms with Crippen LogP contribution in [0.5, 0.6) is 0 Å². The highest BCUT2D eigenvalue weighted by molar-refractivity contribution is 5.77. The van der Waals surface area contributed by atoms with Crippen molar-refractivity contribution in [2.45, 2.75) is 39.2 Å². The molecule has 1 N–H and O–H groups in total. The van der Waals surface area contributed by atoms with Crippen LogP contribution in [0.1, 0.15) is 30.9 Å². The number of likely N-dealkylation sites (tertiary alicyclic amines) is 1. The van der Waals surface area contributed by atoms with Gasteiger partial charge in [0.25, 0.3) is 0 Å². The maximum Gasteiger partial charge on any atom is 0.223 e. The predicted octanol–water partition coefficient (Wildman–Crippen LogP) is 2.16. The summed E-state index contributed by atoms with van der Waals surface area (Å²) in [7, 11) is 0. The van der Waals surface area contributed by atoms with Crippen molar-refractivity contribution < 1.29 is 9.90 Å². The van der Waals surface area contributed by atoms with Crippen LogP contribution in [-0.4, -0.2) is 35.1 Å². The van der Waals surface area contributed by atoms with Crippen LogP contribution in [0.25, 0.3) is 0 Å². The molecule has 104 valence electrons. The first-order valence-corrected chi connectivity index (χ1v) is 7.07. The molecule has 2 atom stereocenters. The largest absolute Gasteiger partial charge is 0.394 e. The molecule has 0 aromatic heterocycles. The molecule has 1 aliphatic heterocycles. The van der Waals surface area contributed by atoms with E-state index in [4.69, 9.17) is 0 Å². The summed E-state index contributed by atoms with van der Waals surface area (Å²) in [6, 6.07) is 8.34. The number of hydrogen-bond donors (Lipinski definition) is 1. The molecule has 19 heavy (non-hydrogen) atoms. The van der Waals surface area contributed by atoms with E-state index in [2.05, 4.69) is 38.1 Å². The van der Waals surface area contributed by atoms with Gasteiger partial charge in [-0.15, -0.1) is 0 Å². The van der Waals surface area contributed by atoms with Crippen LogP contribution in [0.15, 0.2) is 24.3 Å². The van der Waals surface area contributed by atoms with Crippen molar-refractivity contribution in [1.82, 2.24) is 4.90 Å². The van der Waals surface area contributed by atoms with E-state index < -0.39 is 0 Å². The summed E-state index contributed by atoms with van der Waals surface area (Å²) in [5.74, 6) is 0.581. The van der Waals surface area contributed by atoms with Gasteiger partial charge in [-0.1, -0.05) is 36.8 Å². The van der Waals surface area contributed by atoms with Gasteiger partial charge in [-0.3, -0.25) is 4.79 Å². The number of carbonyl (C=O) groups excluding carboxylic acids is 1. The van der Waals surface area contributed by atoms with Crippen molar-refractivity contribution in [3.63, 3.8) is 0 Å². The van der Waals surface area contributed by atoms with Crippen LogP contribution in [0.2, 0.25) is 0 Å². The molecule has 3 heteroatoms. The topological polar surface area (TPSA) is 40.5 Å². The Morgan fingerprint density at radius 1 is 1.37 bits per heavy atom. The van der Waals surface area contributed by atoms with Crippen LogP contribution in [0.4, 0.5) is 0 Å². The number of nitrogens with zero attached hydrogens (tertiary/aromatic N) is 1. The Balaban J connectivity index is 1.89.